The standard InChI is InChI=1S/C37H40N4O4S2/c1-7-41-33(43)29(45-35(41)47)19-21-31-37(3,25-15-9-11-17-27(25)39(31)5)23-13-12-22-36(2)24-14-8-10-16-26(24)38(4)30(36)20-18-28-32(42)40(6)34(46)44-28/h8-11,14-21H,7,12-13,22-23H2,1-6H3/b28-18+,29-19+,30-20+,31-21+. The Morgan fingerprint density at radius 3 is 1.53 bits per heavy atom. The first-order valence-electron chi connectivity index (χ1n) is 16.0. The van der Waals surface area contributed by atoms with Gasteiger partial charge in [0.05, 0.1) is 0 Å². The number of fused-ring (bicyclic) bond motifs is 2. The van der Waals surface area contributed by atoms with Crippen molar-refractivity contribution >= 4 is 58.0 Å². The molecule has 8 nitrogen and oxygen atoms in total. The molecule has 0 spiro atoms. The molecule has 2 unspecified atom stereocenters. The molecule has 47 heavy (non-hydrogen) atoms. The van der Waals surface area contributed by atoms with Crippen LogP contribution in [0, 0.1) is 0 Å². The molecule has 0 aliphatic carbocycles. The zero-order valence-electron chi connectivity index (χ0n) is 27.7. The topological polar surface area (TPSA) is 65.6 Å². The fraction of sp³-hybridized carbons (Fsp3) is 0.351. The lowest BCUT2D eigenvalue weighted by Gasteiger charge is -2.31. The van der Waals surface area contributed by atoms with Crippen LogP contribution in [0.3, 0.4) is 0 Å². The number of benzene rings is 2. The summed E-state index contributed by atoms with van der Waals surface area (Å²) in [7, 11) is 5.78. The van der Waals surface area contributed by atoms with Crippen molar-refractivity contribution in [3.8, 4) is 0 Å². The fourth-order valence-electron chi connectivity index (χ4n) is 7.47. The summed E-state index contributed by atoms with van der Waals surface area (Å²) in [4.78, 5) is 32.7. The van der Waals surface area contributed by atoms with E-state index in [9.17, 15) is 9.59 Å². The second-order valence-corrected chi connectivity index (χ2v) is 13.5. The maximum absolute atomic E-state index is 12.8. The van der Waals surface area contributed by atoms with Crippen molar-refractivity contribution in [1.29, 1.82) is 0 Å². The number of anilines is 2. The smallest absolute Gasteiger partial charge is 0.297 e. The number of carbonyl (C=O) groups excluding carboxylic acids is 2. The van der Waals surface area contributed by atoms with E-state index >= 15 is 0 Å². The maximum atomic E-state index is 12.8. The number of unbranched alkanes of at least 4 members (excludes halogenated alkanes) is 1. The van der Waals surface area contributed by atoms with Crippen molar-refractivity contribution in [2.75, 3.05) is 37.5 Å². The van der Waals surface area contributed by atoms with Crippen LogP contribution in [0.4, 0.5) is 11.4 Å². The second kappa shape index (κ2) is 12.4. The van der Waals surface area contributed by atoms with Crippen LogP contribution in [0.25, 0.3) is 0 Å². The average molecular weight is 669 g/mol. The van der Waals surface area contributed by atoms with E-state index in [2.05, 4.69) is 86.3 Å². The Morgan fingerprint density at radius 2 is 1.11 bits per heavy atom. The van der Waals surface area contributed by atoms with Gasteiger partial charge in [-0.15, -0.1) is 0 Å². The molecule has 4 aliphatic heterocycles. The molecule has 6 rings (SSSR count). The van der Waals surface area contributed by atoms with Gasteiger partial charge in [0.15, 0.2) is 11.5 Å². The summed E-state index contributed by atoms with van der Waals surface area (Å²) in [5.74, 6) is 0.0372. The molecule has 2 aromatic rings. The molecule has 4 aliphatic rings. The van der Waals surface area contributed by atoms with Crippen LogP contribution in [-0.4, -0.2) is 59.7 Å². The minimum Gasteiger partial charge on any atom is -0.426 e. The van der Waals surface area contributed by atoms with Gasteiger partial charge in [0, 0.05) is 61.3 Å². The minimum absolute atomic E-state index is 0.163. The summed E-state index contributed by atoms with van der Waals surface area (Å²) in [5, 5.41) is 0.361. The molecule has 0 radical (unpaired) electrons. The lowest BCUT2D eigenvalue weighted by Crippen LogP contribution is -2.28. The molecule has 4 heterocycles. The number of carbonyl (C=O) groups is 2. The Morgan fingerprint density at radius 1 is 0.660 bits per heavy atom. The normalized spacial score (nSPS) is 27.2. The van der Waals surface area contributed by atoms with Gasteiger partial charge in [-0.3, -0.25) is 19.4 Å². The molecule has 0 bridgehead atoms. The molecule has 0 aromatic heterocycles. The molecule has 2 amide bonds. The zero-order chi connectivity index (χ0) is 33.7. The van der Waals surface area contributed by atoms with Gasteiger partial charge in [-0.25, -0.2) is 0 Å². The predicted octanol–water partition coefficient (Wildman–Crippen LogP) is 6.83. The number of hydrogen-bond donors (Lipinski definition) is 0. The van der Waals surface area contributed by atoms with Gasteiger partial charge in [0.2, 0.25) is 0 Å². The molecule has 2 aromatic carbocycles. The first kappa shape index (κ1) is 32.7. The van der Waals surface area contributed by atoms with E-state index in [0.717, 1.165) is 48.5 Å². The van der Waals surface area contributed by atoms with Gasteiger partial charge in [-0.1, -0.05) is 49.2 Å². The molecule has 0 saturated carbocycles. The number of ether oxygens (including phenoxy) is 2. The Bertz CT molecular complexity index is 1810. The third-order valence-corrected chi connectivity index (χ3v) is 10.8. The number of hydrogen-bond acceptors (Lipinski definition) is 8. The Balaban J connectivity index is 1.25. The third kappa shape index (κ3) is 5.37. The highest BCUT2D eigenvalue weighted by molar-refractivity contribution is 7.80. The van der Waals surface area contributed by atoms with Crippen LogP contribution in [0.1, 0.15) is 57.6 Å². The van der Waals surface area contributed by atoms with Crippen molar-refractivity contribution < 1.29 is 19.1 Å². The second-order valence-electron chi connectivity index (χ2n) is 12.8. The third-order valence-electron chi connectivity index (χ3n) is 10.1. The van der Waals surface area contributed by atoms with E-state index in [1.165, 1.54) is 20.9 Å². The van der Waals surface area contributed by atoms with Crippen molar-refractivity contribution in [1.82, 2.24) is 9.80 Å². The van der Waals surface area contributed by atoms with Crippen molar-refractivity contribution in [3.63, 3.8) is 0 Å². The Kier molecular flexibility index (Phi) is 8.61. The SMILES string of the molecule is CCN1C(=O)/C(=C\C=C2\N(C)c3ccccc3C2(C)CCCCC2(C)/C(=C\C=C3\OC(=S)N(C)C3=O)N(C)c3ccccc32)OC1=S. The molecule has 2 fully saturated rings. The van der Waals surface area contributed by atoms with Crippen LogP contribution in [0.2, 0.25) is 0 Å². The van der Waals surface area contributed by atoms with Crippen molar-refractivity contribution in [2.45, 2.75) is 57.3 Å². The maximum Gasteiger partial charge on any atom is 0.297 e. The largest absolute Gasteiger partial charge is 0.426 e. The van der Waals surface area contributed by atoms with Gasteiger partial charge >= 0.3 is 0 Å². The molecule has 0 N–H and O–H groups in total. The quantitative estimate of drug-likeness (QED) is 0.172. The lowest BCUT2D eigenvalue weighted by atomic mass is 9.74. The summed E-state index contributed by atoms with van der Waals surface area (Å²) in [5.41, 5.74) is 6.53. The van der Waals surface area contributed by atoms with Gasteiger partial charge in [0.25, 0.3) is 22.2 Å². The van der Waals surface area contributed by atoms with Crippen LogP contribution < -0.4 is 9.80 Å². The van der Waals surface area contributed by atoms with Gasteiger partial charge in [-0.2, -0.15) is 0 Å². The number of rotatable bonds is 8. The van der Waals surface area contributed by atoms with E-state index in [0.29, 0.717) is 6.54 Å². The molecular formula is C37H40N4O4S2. The van der Waals surface area contributed by atoms with E-state index in [1.54, 1.807) is 19.2 Å². The van der Waals surface area contributed by atoms with Gasteiger partial charge in [0.1, 0.15) is 0 Å². The van der Waals surface area contributed by atoms with Crippen molar-refractivity contribution in [3.05, 3.63) is 107 Å². The van der Waals surface area contributed by atoms with E-state index in [1.807, 2.05) is 19.1 Å². The molecule has 10 heteroatoms. The summed E-state index contributed by atoms with van der Waals surface area (Å²) in [6.45, 7) is 6.93. The number of para-hydroxylation sites is 2. The fourth-order valence-corrected chi connectivity index (χ4v) is 7.95. The van der Waals surface area contributed by atoms with Crippen LogP contribution in [0.5, 0.6) is 0 Å². The zero-order valence-corrected chi connectivity index (χ0v) is 29.3. The summed E-state index contributed by atoms with van der Waals surface area (Å²) < 4.78 is 11.2. The molecular weight excluding hydrogens is 629 g/mol. The summed E-state index contributed by atoms with van der Waals surface area (Å²) in [6, 6.07) is 17.0. The monoisotopic (exact) mass is 668 g/mol. The van der Waals surface area contributed by atoms with Crippen LogP contribution in [0.15, 0.2) is 95.7 Å². The highest BCUT2D eigenvalue weighted by atomic mass is 32.1. The van der Waals surface area contributed by atoms with Gasteiger partial charge in [-0.05, 0) is 106 Å². The first-order chi connectivity index (χ1) is 22.4. The molecule has 244 valence electrons. The first-order valence-corrected chi connectivity index (χ1v) is 16.8. The lowest BCUT2D eigenvalue weighted by molar-refractivity contribution is -0.123. The van der Waals surface area contributed by atoms with E-state index < -0.39 is 0 Å². The average Bonchev–Trinajstić information content (AvgIpc) is 3.64. The highest BCUT2D eigenvalue weighted by Gasteiger charge is 2.44. The Labute approximate surface area is 287 Å². The summed E-state index contributed by atoms with van der Waals surface area (Å²) >= 11 is 10.4. The number of nitrogens with zero attached hydrogens (tertiary/aromatic N) is 4. The van der Waals surface area contributed by atoms with Crippen LogP contribution in [-0.2, 0) is 29.9 Å². The minimum atomic E-state index is -0.270. The van der Waals surface area contributed by atoms with E-state index in [4.69, 9.17) is 33.9 Å². The number of allylic oxidation sites excluding steroid dienone is 6. The molecule has 2 saturated heterocycles. The van der Waals surface area contributed by atoms with E-state index in [-0.39, 0.29) is 44.5 Å². The number of thiocarbonyl (C=S) groups is 2. The van der Waals surface area contributed by atoms with Gasteiger partial charge < -0.3 is 19.3 Å². The highest BCUT2D eigenvalue weighted by Crippen LogP contribution is 2.52. The molecule has 2 atom stereocenters. The Hall–Kier alpha value is -4.28. The van der Waals surface area contributed by atoms with Crippen molar-refractivity contribution in [2.24, 2.45) is 0 Å². The predicted molar refractivity (Wildman–Crippen MR) is 193 cm³/mol. The summed E-state index contributed by atoms with van der Waals surface area (Å²) in [6.07, 6.45) is 11.3. The number of likely N-dealkylation sites (N-methyl/N-ethyl adjacent to an activating group) is 4. The van der Waals surface area contributed by atoms with Crippen LogP contribution >= 0.6 is 24.4 Å². The number of amides is 2.